The quantitative estimate of drug-likeness (QED) is 0.166. The number of amides is 1. The Hall–Kier alpha value is -3.92. The summed E-state index contributed by atoms with van der Waals surface area (Å²) in [5, 5.41) is 29.1. The van der Waals surface area contributed by atoms with Crippen LogP contribution in [0, 0.1) is 0 Å². The second-order valence-corrected chi connectivity index (χ2v) is 11.8. The maximum absolute atomic E-state index is 12.7. The van der Waals surface area contributed by atoms with E-state index in [1.165, 1.54) is 12.1 Å². The molecule has 4 aromatic rings. The number of aromatic hydroxyl groups is 1. The summed E-state index contributed by atoms with van der Waals surface area (Å²) in [6.07, 6.45) is 1.06. The van der Waals surface area contributed by atoms with Crippen LogP contribution in [0.4, 0.5) is 5.69 Å². The van der Waals surface area contributed by atoms with Gasteiger partial charge in [-0.25, -0.2) is 8.42 Å². The predicted molar refractivity (Wildman–Crippen MR) is 159 cm³/mol. The summed E-state index contributed by atoms with van der Waals surface area (Å²) in [6.45, 7) is 2.71. The minimum atomic E-state index is -3.57. The molecule has 0 radical (unpaired) electrons. The van der Waals surface area contributed by atoms with E-state index in [1.807, 2.05) is 55.5 Å². The molecule has 0 aliphatic rings. The van der Waals surface area contributed by atoms with Gasteiger partial charge in [-0.05, 0) is 58.5 Å². The largest absolute Gasteiger partial charge is 0.506 e. The number of rotatable bonds is 12. The number of benzene rings is 4. The third-order valence-corrected chi connectivity index (χ3v) is 7.21. The van der Waals surface area contributed by atoms with Crippen molar-refractivity contribution in [3.63, 3.8) is 0 Å². The highest BCUT2D eigenvalue weighted by molar-refractivity contribution is 7.92. The van der Waals surface area contributed by atoms with Crippen LogP contribution >= 0.6 is 0 Å². The molecular weight excluding hydrogens is 526 g/mol. The Kier molecular flexibility index (Phi) is 9.42. The second kappa shape index (κ2) is 13.0. The van der Waals surface area contributed by atoms with E-state index >= 15 is 0 Å². The van der Waals surface area contributed by atoms with Gasteiger partial charge in [-0.2, -0.15) is 0 Å². The van der Waals surface area contributed by atoms with E-state index in [9.17, 15) is 23.4 Å². The minimum absolute atomic E-state index is 0.0186. The van der Waals surface area contributed by atoms with Gasteiger partial charge < -0.3 is 20.8 Å². The Balaban J connectivity index is 1.28. The molecule has 2 atom stereocenters. The molecule has 1 amide bonds. The number of aliphatic hydroxyl groups is 1. The van der Waals surface area contributed by atoms with Crippen molar-refractivity contribution in [3.8, 4) is 5.75 Å². The highest BCUT2D eigenvalue weighted by Gasteiger charge is 2.14. The van der Waals surface area contributed by atoms with E-state index in [-0.39, 0.29) is 36.4 Å². The lowest BCUT2D eigenvalue weighted by atomic mass is 10.0. The van der Waals surface area contributed by atoms with E-state index in [0.29, 0.717) is 18.5 Å². The van der Waals surface area contributed by atoms with Crippen LogP contribution in [-0.4, -0.2) is 43.4 Å². The first kappa shape index (κ1) is 29.1. The number of hydrogen-bond donors (Lipinski definition) is 5. The van der Waals surface area contributed by atoms with Crippen LogP contribution in [-0.2, 0) is 34.2 Å². The number of aliphatic hydroxyl groups excluding tert-OH is 1. The zero-order valence-electron chi connectivity index (χ0n) is 22.6. The molecule has 0 saturated carbocycles. The monoisotopic (exact) mass is 561 g/mol. The molecule has 0 saturated heterocycles. The third kappa shape index (κ3) is 8.29. The second-order valence-electron chi connectivity index (χ2n) is 10.1. The molecule has 0 fully saturated rings. The number of hydrogen-bond acceptors (Lipinski definition) is 6. The fraction of sp³-hybridized carbons (Fsp3) is 0.258. The molecule has 0 bridgehead atoms. The van der Waals surface area contributed by atoms with Crippen LogP contribution in [0.25, 0.3) is 10.8 Å². The lowest BCUT2D eigenvalue weighted by Gasteiger charge is -2.19. The topological polar surface area (TPSA) is 128 Å². The highest BCUT2D eigenvalue weighted by atomic mass is 32.2. The van der Waals surface area contributed by atoms with Crippen molar-refractivity contribution in [3.05, 3.63) is 107 Å². The van der Waals surface area contributed by atoms with Crippen LogP contribution in [0.1, 0.15) is 35.3 Å². The number of anilines is 1. The SMILES string of the molecule is C[C@H](Cc1cccc(CC(=O)NCc2cccc3ccccc23)c1)NC[C@@H](O)c1ccc(O)c(NS(C)(=O)=O)c1. The van der Waals surface area contributed by atoms with Crippen molar-refractivity contribution in [2.75, 3.05) is 17.5 Å². The number of phenols is 1. The molecule has 4 aromatic carbocycles. The summed E-state index contributed by atoms with van der Waals surface area (Å²) in [5.74, 6) is -0.261. The zero-order chi connectivity index (χ0) is 28.7. The third-order valence-electron chi connectivity index (χ3n) is 6.61. The van der Waals surface area contributed by atoms with Gasteiger partial charge in [0.05, 0.1) is 24.5 Å². The number of carbonyl (C=O) groups excluding carboxylic acids is 1. The minimum Gasteiger partial charge on any atom is -0.506 e. The summed E-state index contributed by atoms with van der Waals surface area (Å²) in [5.41, 5.74) is 3.57. The predicted octanol–water partition coefficient (Wildman–Crippen LogP) is 4.03. The first-order valence-corrected chi connectivity index (χ1v) is 15.0. The molecule has 210 valence electrons. The molecule has 0 heterocycles. The summed E-state index contributed by atoms with van der Waals surface area (Å²) in [7, 11) is -3.57. The molecule has 5 N–H and O–H groups in total. The van der Waals surface area contributed by atoms with Crippen LogP contribution in [0.3, 0.4) is 0 Å². The maximum atomic E-state index is 12.7. The van der Waals surface area contributed by atoms with E-state index in [4.69, 9.17) is 0 Å². The Morgan fingerprint density at radius 1 is 0.925 bits per heavy atom. The van der Waals surface area contributed by atoms with E-state index < -0.39 is 16.1 Å². The number of nitrogens with one attached hydrogen (secondary N) is 3. The van der Waals surface area contributed by atoms with E-state index in [0.717, 1.165) is 33.7 Å². The maximum Gasteiger partial charge on any atom is 0.229 e. The Labute approximate surface area is 235 Å². The van der Waals surface area contributed by atoms with Crippen molar-refractivity contribution in [1.29, 1.82) is 0 Å². The first-order valence-electron chi connectivity index (χ1n) is 13.1. The summed E-state index contributed by atoms with van der Waals surface area (Å²) >= 11 is 0. The Bertz CT molecular complexity index is 1580. The average molecular weight is 562 g/mol. The molecule has 0 aliphatic carbocycles. The normalized spacial score (nSPS) is 13.1. The van der Waals surface area contributed by atoms with Gasteiger partial charge in [0.15, 0.2) is 0 Å². The fourth-order valence-electron chi connectivity index (χ4n) is 4.65. The molecule has 40 heavy (non-hydrogen) atoms. The van der Waals surface area contributed by atoms with Gasteiger partial charge in [0, 0.05) is 19.1 Å². The van der Waals surface area contributed by atoms with Crippen LogP contribution in [0.15, 0.2) is 84.9 Å². The Morgan fingerprint density at radius 3 is 2.45 bits per heavy atom. The molecule has 0 unspecified atom stereocenters. The summed E-state index contributed by atoms with van der Waals surface area (Å²) in [4.78, 5) is 12.7. The van der Waals surface area contributed by atoms with Gasteiger partial charge in [0.25, 0.3) is 0 Å². The van der Waals surface area contributed by atoms with Crippen LogP contribution < -0.4 is 15.4 Å². The van der Waals surface area contributed by atoms with Crippen LogP contribution in [0.5, 0.6) is 5.75 Å². The van der Waals surface area contributed by atoms with Crippen molar-refractivity contribution in [2.45, 2.75) is 38.5 Å². The number of carbonyl (C=O) groups is 1. The number of sulfonamides is 1. The van der Waals surface area contributed by atoms with Gasteiger partial charge in [0.1, 0.15) is 5.75 Å². The van der Waals surface area contributed by atoms with Gasteiger partial charge in [-0.15, -0.1) is 0 Å². The molecule has 9 heteroatoms. The standard InChI is InChI=1S/C31H35N3O5S/c1-21(32-20-30(36)25-13-14-29(35)28(18-25)34-40(2,38)39)15-22-7-5-8-23(16-22)17-31(37)33-19-26-11-6-10-24-9-3-4-12-27(24)26/h3-14,16,18,21,30,32,34-36H,15,17,19-20H2,1-2H3,(H,33,37)/t21-,30-/m1/s1. The van der Waals surface area contributed by atoms with Crippen molar-refractivity contribution in [1.82, 2.24) is 10.6 Å². The smallest absolute Gasteiger partial charge is 0.229 e. The molecule has 0 spiro atoms. The van der Waals surface area contributed by atoms with E-state index in [2.05, 4.69) is 33.6 Å². The number of phenolic OH excluding ortho intramolecular Hbond substituents is 1. The first-order chi connectivity index (χ1) is 19.1. The number of fused-ring (bicyclic) bond motifs is 1. The molecular formula is C31H35N3O5S. The molecule has 0 aliphatic heterocycles. The molecule has 4 rings (SSSR count). The lowest BCUT2D eigenvalue weighted by molar-refractivity contribution is -0.120. The van der Waals surface area contributed by atoms with Gasteiger partial charge in [0.2, 0.25) is 15.9 Å². The zero-order valence-corrected chi connectivity index (χ0v) is 23.4. The Morgan fingerprint density at radius 2 is 1.65 bits per heavy atom. The van der Waals surface area contributed by atoms with Crippen molar-refractivity contribution >= 4 is 32.4 Å². The molecule has 8 nitrogen and oxygen atoms in total. The van der Waals surface area contributed by atoms with Crippen molar-refractivity contribution < 1.29 is 23.4 Å². The lowest BCUT2D eigenvalue weighted by Crippen LogP contribution is -2.32. The van der Waals surface area contributed by atoms with Gasteiger partial charge in [-0.3, -0.25) is 9.52 Å². The summed E-state index contributed by atoms with van der Waals surface area (Å²) in [6, 6.07) is 26.5. The molecule has 0 aromatic heterocycles. The summed E-state index contributed by atoms with van der Waals surface area (Å²) < 4.78 is 25.3. The van der Waals surface area contributed by atoms with E-state index in [1.54, 1.807) is 6.07 Å². The average Bonchev–Trinajstić information content (AvgIpc) is 2.91. The highest BCUT2D eigenvalue weighted by Crippen LogP contribution is 2.28. The van der Waals surface area contributed by atoms with Gasteiger partial charge >= 0.3 is 0 Å². The fourth-order valence-corrected chi connectivity index (χ4v) is 5.22. The van der Waals surface area contributed by atoms with Crippen LogP contribution in [0.2, 0.25) is 0 Å². The van der Waals surface area contributed by atoms with Gasteiger partial charge in [-0.1, -0.05) is 72.8 Å². The van der Waals surface area contributed by atoms with Crippen molar-refractivity contribution in [2.24, 2.45) is 0 Å².